The highest BCUT2D eigenvalue weighted by Gasteiger charge is 2.32. The molecule has 0 saturated carbocycles. The lowest BCUT2D eigenvalue weighted by Gasteiger charge is -2.40. The number of pyridine rings is 1. The highest BCUT2D eigenvalue weighted by Crippen LogP contribution is 2.37. The average Bonchev–Trinajstić information content (AvgIpc) is 3.23. The molecule has 0 unspecified atom stereocenters. The monoisotopic (exact) mass is 506 g/mol. The molecule has 4 heterocycles. The number of rotatable bonds is 3. The summed E-state index contributed by atoms with van der Waals surface area (Å²) in [6, 6.07) is 6.97. The van der Waals surface area contributed by atoms with Gasteiger partial charge in [-0.05, 0) is 45.9 Å². The fourth-order valence-electron chi connectivity index (χ4n) is 4.64. The lowest BCUT2D eigenvalue weighted by Crippen LogP contribution is -2.55. The number of carbonyl (C=O) groups is 1. The molecular formula is C27H28F2N6O2. The fourth-order valence-corrected chi connectivity index (χ4v) is 4.64. The van der Waals surface area contributed by atoms with Crippen molar-refractivity contribution >= 4 is 22.9 Å². The number of nitrogens with zero attached hydrogens (tertiary/aromatic N) is 6. The molecule has 4 aromatic rings. The molecule has 1 fully saturated rings. The Labute approximate surface area is 213 Å². The number of carbonyl (C=O) groups excluding carboxylic acids is 1. The summed E-state index contributed by atoms with van der Waals surface area (Å²) in [5, 5.41) is 0.734. The van der Waals surface area contributed by atoms with Gasteiger partial charge in [0, 0.05) is 61.5 Å². The first-order chi connectivity index (χ1) is 17.6. The van der Waals surface area contributed by atoms with E-state index in [0.29, 0.717) is 36.8 Å². The van der Waals surface area contributed by atoms with Crippen LogP contribution in [-0.2, 0) is 4.74 Å². The van der Waals surface area contributed by atoms with Gasteiger partial charge >= 0.3 is 6.09 Å². The van der Waals surface area contributed by atoms with E-state index in [2.05, 4.69) is 19.9 Å². The highest BCUT2D eigenvalue weighted by molar-refractivity contribution is 6.02. The topological polar surface area (TPSA) is 76.4 Å². The van der Waals surface area contributed by atoms with Crippen LogP contribution in [0, 0.1) is 11.6 Å². The molecule has 0 N–H and O–H groups in total. The summed E-state index contributed by atoms with van der Waals surface area (Å²) in [5.41, 5.74) is 1.84. The van der Waals surface area contributed by atoms with E-state index in [-0.39, 0.29) is 12.1 Å². The predicted octanol–water partition coefficient (Wildman–Crippen LogP) is 5.21. The van der Waals surface area contributed by atoms with E-state index in [9.17, 15) is 13.6 Å². The predicted molar refractivity (Wildman–Crippen MR) is 137 cm³/mol. The minimum Gasteiger partial charge on any atom is -0.444 e. The second kappa shape index (κ2) is 9.42. The van der Waals surface area contributed by atoms with Crippen molar-refractivity contribution in [1.82, 2.24) is 24.4 Å². The van der Waals surface area contributed by atoms with E-state index in [1.165, 1.54) is 18.5 Å². The molecule has 192 valence electrons. The minimum absolute atomic E-state index is 0.130. The van der Waals surface area contributed by atoms with Crippen molar-refractivity contribution in [3.63, 3.8) is 0 Å². The van der Waals surface area contributed by atoms with E-state index >= 15 is 0 Å². The normalized spacial score (nSPS) is 16.3. The van der Waals surface area contributed by atoms with Crippen LogP contribution < -0.4 is 4.90 Å². The number of fused-ring (bicyclic) bond motifs is 1. The summed E-state index contributed by atoms with van der Waals surface area (Å²) in [6.07, 6.45) is 6.31. The lowest BCUT2D eigenvalue weighted by atomic mass is 10.1. The Hall–Kier alpha value is -4.08. The first-order valence-electron chi connectivity index (χ1n) is 12.1. The van der Waals surface area contributed by atoms with Crippen molar-refractivity contribution in [1.29, 1.82) is 0 Å². The molecule has 10 heteroatoms. The molecule has 5 rings (SSSR count). The maximum Gasteiger partial charge on any atom is 0.410 e. The summed E-state index contributed by atoms with van der Waals surface area (Å²) in [7, 11) is 0. The number of aromatic nitrogens is 4. The molecule has 0 aliphatic carbocycles. The Morgan fingerprint density at radius 2 is 1.86 bits per heavy atom. The molecule has 1 aromatic carbocycles. The Morgan fingerprint density at radius 1 is 1.11 bits per heavy atom. The smallest absolute Gasteiger partial charge is 0.410 e. The molecule has 1 atom stereocenters. The average molecular weight is 507 g/mol. The van der Waals surface area contributed by atoms with E-state index in [0.717, 1.165) is 22.6 Å². The number of amides is 1. The number of halogens is 2. The van der Waals surface area contributed by atoms with Gasteiger partial charge in [0.2, 0.25) is 0 Å². The largest absolute Gasteiger partial charge is 0.444 e. The third-order valence-electron chi connectivity index (χ3n) is 6.22. The van der Waals surface area contributed by atoms with Crippen LogP contribution in [0.4, 0.5) is 19.4 Å². The summed E-state index contributed by atoms with van der Waals surface area (Å²) in [4.78, 5) is 29.9. The standard InChI is InChI=1S/C27H28F2N6O2/c1-17-14-33(8-9-34(17)26(36)37-27(2,3)4)24-23-22(18-6-5-7-30-13-18)15-35(25(23)32-16-31-24)21-11-19(28)10-20(29)12-21/h5-7,10-13,15-17H,8-9,14H2,1-4H3/t17-/m1/s1. The van der Waals surface area contributed by atoms with Crippen molar-refractivity contribution in [2.45, 2.75) is 39.3 Å². The van der Waals surface area contributed by atoms with Crippen LogP contribution >= 0.6 is 0 Å². The number of benzene rings is 1. The quantitative estimate of drug-likeness (QED) is 0.380. The van der Waals surface area contributed by atoms with E-state index < -0.39 is 17.2 Å². The molecule has 1 aliphatic rings. The maximum absolute atomic E-state index is 14.1. The van der Waals surface area contributed by atoms with E-state index in [1.54, 1.807) is 28.1 Å². The van der Waals surface area contributed by atoms with Crippen molar-refractivity contribution < 1.29 is 18.3 Å². The second-order valence-electron chi connectivity index (χ2n) is 10.1. The van der Waals surface area contributed by atoms with Crippen molar-refractivity contribution in [2.24, 2.45) is 0 Å². The van der Waals surface area contributed by atoms with Gasteiger partial charge in [-0.2, -0.15) is 0 Å². The van der Waals surface area contributed by atoms with Crippen LogP contribution in [0.25, 0.3) is 27.8 Å². The van der Waals surface area contributed by atoms with E-state index in [4.69, 9.17) is 4.74 Å². The van der Waals surface area contributed by atoms with Gasteiger partial charge < -0.3 is 19.1 Å². The number of anilines is 1. The zero-order valence-corrected chi connectivity index (χ0v) is 21.2. The molecule has 0 spiro atoms. The summed E-state index contributed by atoms with van der Waals surface area (Å²) < 4.78 is 35.5. The van der Waals surface area contributed by atoms with Crippen LogP contribution in [0.15, 0.2) is 55.2 Å². The molecule has 3 aromatic heterocycles. The van der Waals surface area contributed by atoms with Crippen LogP contribution in [0.3, 0.4) is 0 Å². The number of ether oxygens (including phenoxy) is 1. The number of piperazine rings is 1. The van der Waals surface area contributed by atoms with Gasteiger partial charge in [0.25, 0.3) is 0 Å². The van der Waals surface area contributed by atoms with E-state index in [1.807, 2.05) is 39.8 Å². The number of hydrogen-bond donors (Lipinski definition) is 0. The molecule has 0 radical (unpaired) electrons. The van der Waals surface area contributed by atoms with Crippen LogP contribution in [0.1, 0.15) is 27.7 Å². The van der Waals surface area contributed by atoms with Crippen LogP contribution in [-0.4, -0.2) is 61.8 Å². The SMILES string of the molecule is C[C@@H]1CN(c2ncnc3c2c(-c2cccnc2)cn3-c2cc(F)cc(F)c2)CCN1C(=O)OC(C)(C)C. The Balaban J connectivity index is 1.58. The number of hydrogen-bond acceptors (Lipinski definition) is 6. The second-order valence-corrected chi connectivity index (χ2v) is 10.1. The molecule has 1 amide bonds. The third kappa shape index (κ3) is 4.96. The zero-order valence-electron chi connectivity index (χ0n) is 21.2. The van der Waals surface area contributed by atoms with Crippen molar-refractivity contribution in [2.75, 3.05) is 24.5 Å². The van der Waals surface area contributed by atoms with Gasteiger partial charge in [0.05, 0.1) is 11.1 Å². The van der Waals surface area contributed by atoms with Crippen molar-refractivity contribution in [3.8, 4) is 16.8 Å². The molecule has 37 heavy (non-hydrogen) atoms. The maximum atomic E-state index is 14.1. The molecular weight excluding hydrogens is 478 g/mol. The van der Waals surface area contributed by atoms with Crippen molar-refractivity contribution in [3.05, 3.63) is 66.9 Å². The van der Waals surface area contributed by atoms with Gasteiger partial charge in [-0.15, -0.1) is 0 Å². The van der Waals surface area contributed by atoms with Gasteiger partial charge in [0.15, 0.2) is 5.65 Å². The fraction of sp³-hybridized carbons (Fsp3) is 0.333. The Morgan fingerprint density at radius 3 is 2.51 bits per heavy atom. The Kier molecular flexibility index (Phi) is 6.26. The van der Waals surface area contributed by atoms with Crippen LogP contribution in [0.5, 0.6) is 0 Å². The first kappa shape index (κ1) is 24.6. The summed E-state index contributed by atoms with van der Waals surface area (Å²) >= 11 is 0. The zero-order chi connectivity index (χ0) is 26.3. The van der Waals surface area contributed by atoms with Gasteiger partial charge in [-0.3, -0.25) is 4.98 Å². The minimum atomic E-state index is -0.679. The summed E-state index contributed by atoms with van der Waals surface area (Å²) in [5.74, 6) is -0.683. The van der Waals surface area contributed by atoms with Gasteiger partial charge in [-0.25, -0.2) is 23.5 Å². The van der Waals surface area contributed by atoms with Gasteiger partial charge in [0.1, 0.15) is 29.4 Å². The highest BCUT2D eigenvalue weighted by atomic mass is 19.1. The first-order valence-corrected chi connectivity index (χ1v) is 12.1. The molecule has 1 aliphatic heterocycles. The Bertz CT molecular complexity index is 1430. The van der Waals surface area contributed by atoms with Gasteiger partial charge in [-0.1, -0.05) is 6.07 Å². The summed E-state index contributed by atoms with van der Waals surface area (Å²) in [6.45, 7) is 9.02. The lowest BCUT2D eigenvalue weighted by molar-refractivity contribution is 0.0158. The molecule has 0 bridgehead atoms. The molecule has 8 nitrogen and oxygen atoms in total. The third-order valence-corrected chi connectivity index (χ3v) is 6.22. The molecule has 1 saturated heterocycles. The van der Waals surface area contributed by atoms with Crippen LogP contribution in [0.2, 0.25) is 0 Å².